The summed E-state index contributed by atoms with van der Waals surface area (Å²) in [4.78, 5) is 24.8. The molecule has 1 rings (SSSR count). The fraction of sp³-hybridized carbons (Fsp3) is 0.385. The highest BCUT2D eigenvalue weighted by molar-refractivity contribution is 5.95. The fourth-order valence-electron chi connectivity index (χ4n) is 1.74. The monoisotopic (exact) mass is 267 g/mol. The van der Waals surface area contributed by atoms with Crippen molar-refractivity contribution in [3.05, 3.63) is 29.6 Å². The molecule has 0 radical (unpaired) electrons. The van der Waals surface area contributed by atoms with Crippen molar-refractivity contribution in [1.29, 1.82) is 0 Å². The zero-order valence-electron chi connectivity index (χ0n) is 11.2. The summed E-state index contributed by atoms with van der Waals surface area (Å²) in [5.74, 6) is -1.67. The predicted octanol–water partition coefficient (Wildman–Crippen LogP) is 0.862. The SMILES string of the molecule is CNC(=O)C(C)CN(C)C(=O)c1cc(N)ccc1F. The predicted molar refractivity (Wildman–Crippen MR) is 71.0 cm³/mol. The minimum atomic E-state index is -0.626. The van der Waals surface area contributed by atoms with Gasteiger partial charge in [0.1, 0.15) is 5.82 Å². The highest BCUT2D eigenvalue weighted by Gasteiger charge is 2.20. The number of halogens is 1. The number of anilines is 1. The number of nitrogens with zero attached hydrogens (tertiary/aromatic N) is 1. The molecule has 0 heterocycles. The Bertz CT molecular complexity index is 491. The molecule has 1 unspecified atom stereocenters. The minimum absolute atomic E-state index is 0.0911. The van der Waals surface area contributed by atoms with E-state index in [1.165, 1.54) is 31.1 Å². The van der Waals surface area contributed by atoms with Crippen molar-refractivity contribution < 1.29 is 14.0 Å². The Morgan fingerprint density at radius 1 is 1.47 bits per heavy atom. The molecule has 104 valence electrons. The molecule has 0 aliphatic rings. The summed E-state index contributed by atoms with van der Waals surface area (Å²) in [5.41, 5.74) is 5.76. The van der Waals surface area contributed by atoms with E-state index in [1.807, 2.05) is 0 Å². The number of amides is 2. The number of nitrogen functional groups attached to an aromatic ring is 1. The number of nitrogens with one attached hydrogen (secondary N) is 1. The number of carbonyl (C=O) groups excluding carboxylic acids is 2. The number of benzene rings is 1. The average molecular weight is 267 g/mol. The molecule has 19 heavy (non-hydrogen) atoms. The molecule has 1 aromatic rings. The molecule has 0 saturated heterocycles. The van der Waals surface area contributed by atoms with E-state index in [-0.39, 0.29) is 23.9 Å². The summed E-state index contributed by atoms with van der Waals surface area (Å²) in [6, 6.07) is 3.83. The van der Waals surface area contributed by atoms with Crippen molar-refractivity contribution in [2.24, 2.45) is 5.92 Å². The molecule has 0 fully saturated rings. The van der Waals surface area contributed by atoms with Crippen LogP contribution >= 0.6 is 0 Å². The van der Waals surface area contributed by atoms with E-state index in [4.69, 9.17) is 5.73 Å². The van der Waals surface area contributed by atoms with Gasteiger partial charge >= 0.3 is 0 Å². The second-order valence-electron chi connectivity index (χ2n) is 4.44. The lowest BCUT2D eigenvalue weighted by molar-refractivity contribution is -0.124. The Hall–Kier alpha value is -2.11. The van der Waals surface area contributed by atoms with Gasteiger partial charge in [0.15, 0.2) is 0 Å². The van der Waals surface area contributed by atoms with Gasteiger partial charge in [-0.1, -0.05) is 6.92 Å². The van der Waals surface area contributed by atoms with Crippen LogP contribution in [0.25, 0.3) is 0 Å². The normalized spacial score (nSPS) is 11.8. The second-order valence-corrected chi connectivity index (χ2v) is 4.44. The summed E-state index contributed by atoms with van der Waals surface area (Å²) < 4.78 is 13.6. The maximum atomic E-state index is 13.6. The van der Waals surface area contributed by atoms with Gasteiger partial charge in [-0.05, 0) is 18.2 Å². The largest absolute Gasteiger partial charge is 0.399 e. The van der Waals surface area contributed by atoms with Crippen LogP contribution in [-0.2, 0) is 4.79 Å². The van der Waals surface area contributed by atoms with Gasteiger partial charge in [-0.2, -0.15) is 0 Å². The molecule has 0 aliphatic carbocycles. The van der Waals surface area contributed by atoms with Crippen molar-refractivity contribution in [2.45, 2.75) is 6.92 Å². The molecule has 3 N–H and O–H groups in total. The third-order valence-electron chi connectivity index (χ3n) is 2.81. The molecule has 1 atom stereocenters. The Kier molecular flexibility index (Phi) is 4.86. The van der Waals surface area contributed by atoms with Gasteiger partial charge in [-0.3, -0.25) is 9.59 Å². The van der Waals surface area contributed by atoms with E-state index in [1.54, 1.807) is 6.92 Å². The second kappa shape index (κ2) is 6.17. The maximum Gasteiger partial charge on any atom is 0.256 e. The highest BCUT2D eigenvalue weighted by atomic mass is 19.1. The first-order chi connectivity index (χ1) is 8.86. The van der Waals surface area contributed by atoms with Gasteiger partial charge in [0, 0.05) is 26.3 Å². The van der Waals surface area contributed by atoms with Crippen LogP contribution in [0.4, 0.5) is 10.1 Å². The molecular weight excluding hydrogens is 249 g/mol. The zero-order valence-corrected chi connectivity index (χ0v) is 11.2. The summed E-state index contributed by atoms with van der Waals surface area (Å²) >= 11 is 0. The van der Waals surface area contributed by atoms with Crippen molar-refractivity contribution in [2.75, 3.05) is 26.4 Å². The first-order valence-corrected chi connectivity index (χ1v) is 5.89. The van der Waals surface area contributed by atoms with Crippen LogP contribution in [0.3, 0.4) is 0 Å². The lowest BCUT2D eigenvalue weighted by Crippen LogP contribution is -2.37. The van der Waals surface area contributed by atoms with E-state index in [2.05, 4.69) is 5.32 Å². The summed E-state index contributed by atoms with van der Waals surface area (Å²) in [6.45, 7) is 1.89. The zero-order chi connectivity index (χ0) is 14.6. The molecule has 0 bridgehead atoms. The number of rotatable bonds is 4. The molecule has 1 aromatic carbocycles. The summed E-state index contributed by atoms with van der Waals surface area (Å²) in [7, 11) is 3.04. The van der Waals surface area contributed by atoms with E-state index in [0.717, 1.165) is 6.07 Å². The molecule has 0 spiro atoms. The van der Waals surface area contributed by atoms with Crippen LogP contribution < -0.4 is 11.1 Å². The third kappa shape index (κ3) is 3.67. The van der Waals surface area contributed by atoms with Crippen molar-refractivity contribution in [3.63, 3.8) is 0 Å². The molecule has 0 aliphatic heterocycles. The van der Waals surface area contributed by atoms with Crippen molar-refractivity contribution >= 4 is 17.5 Å². The van der Waals surface area contributed by atoms with Gasteiger partial charge in [0.25, 0.3) is 5.91 Å². The Balaban J connectivity index is 2.82. The average Bonchev–Trinajstić information content (AvgIpc) is 2.39. The molecule has 6 heteroatoms. The van der Waals surface area contributed by atoms with Crippen LogP contribution in [-0.4, -0.2) is 37.4 Å². The standard InChI is InChI=1S/C13H18FN3O2/c1-8(12(18)16-2)7-17(3)13(19)10-6-9(15)4-5-11(10)14/h4-6,8H,7,15H2,1-3H3,(H,16,18). The van der Waals surface area contributed by atoms with Crippen LogP contribution in [0.5, 0.6) is 0 Å². The van der Waals surface area contributed by atoms with Crippen molar-refractivity contribution in [1.82, 2.24) is 10.2 Å². The molecule has 0 saturated carbocycles. The molecule has 2 amide bonds. The highest BCUT2D eigenvalue weighted by Crippen LogP contribution is 2.14. The molecular formula is C13H18FN3O2. The first-order valence-electron chi connectivity index (χ1n) is 5.89. The Labute approximate surface area is 111 Å². The van der Waals surface area contributed by atoms with Crippen molar-refractivity contribution in [3.8, 4) is 0 Å². The van der Waals surface area contributed by atoms with Gasteiger partial charge < -0.3 is 16.0 Å². The summed E-state index contributed by atoms with van der Waals surface area (Å²) in [6.07, 6.45) is 0. The van der Waals surface area contributed by atoms with Gasteiger partial charge in [0.05, 0.1) is 11.5 Å². The van der Waals surface area contributed by atoms with Crippen LogP contribution in [0.1, 0.15) is 17.3 Å². The number of nitrogens with two attached hydrogens (primary N) is 1. The quantitative estimate of drug-likeness (QED) is 0.795. The molecule has 0 aromatic heterocycles. The fourth-order valence-corrected chi connectivity index (χ4v) is 1.74. The maximum absolute atomic E-state index is 13.6. The number of carbonyl (C=O) groups is 2. The third-order valence-corrected chi connectivity index (χ3v) is 2.81. The lowest BCUT2D eigenvalue weighted by atomic mass is 10.1. The lowest BCUT2D eigenvalue weighted by Gasteiger charge is -2.21. The van der Waals surface area contributed by atoms with E-state index >= 15 is 0 Å². The van der Waals surface area contributed by atoms with Gasteiger partial charge in [-0.15, -0.1) is 0 Å². The molecule has 5 nitrogen and oxygen atoms in total. The summed E-state index contributed by atoms with van der Waals surface area (Å²) in [5, 5.41) is 2.50. The van der Waals surface area contributed by atoms with Crippen LogP contribution in [0, 0.1) is 11.7 Å². The topological polar surface area (TPSA) is 75.4 Å². The van der Waals surface area contributed by atoms with Crippen LogP contribution in [0.15, 0.2) is 18.2 Å². The first kappa shape index (κ1) is 14.9. The minimum Gasteiger partial charge on any atom is -0.399 e. The number of hydrogen-bond donors (Lipinski definition) is 2. The van der Waals surface area contributed by atoms with E-state index in [0.29, 0.717) is 5.69 Å². The van der Waals surface area contributed by atoms with Gasteiger partial charge in [0.2, 0.25) is 5.91 Å². The number of hydrogen-bond acceptors (Lipinski definition) is 3. The van der Waals surface area contributed by atoms with E-state index < -0.39 is 11.7 Å². The Morgan fingerprint density at radius 3 is 2.68 bits per heavy atom. The van der Waals surface area contributed by atoms with E-state index in [9.17, 15) is 14.0 Å². The van der Waals surface area contributed by atoms with Gasteiger partial charge in [-0.25, -0.2) is 4.39 Å². The smallest absolute Gasteiger partial charge is 0.256 e. The van der Waals surface area contributed by atoms with Crippen LogP contribution in [0.2, 0.25) is 0 Å². The Morgan fingerprint density at radius 2 is 2.11 bits per heavy atom.